The van der Waals surface area contributed by atoms with Crippen LogP contribution in [-0.2, 0) is 11.2 Å². The van der Waals surface area contributed by atoms with E-state index in [2.05, 4.69) is 23.4 Å². The van der Waals surface area contributed by atoms with Gasteiger partial charge in [-0.1, -0.05) is 73.5 Å². The van der Waals surface area contributed by atoms with E-state index in [0.29, 0.717) is 5.69 Å². The molecular weight excluding hydrogens is 428 g/mol. The minimum atomic E-state index is -0.983. The first-order valence-electron chi connectivity index (χ1n) is 9.79. The van der Waals surface area contributed by atoms with Crippen molar-refractivity contribution in [1.82, 2.24) is 4.31 Å². The fraction of sp³-hybridized carbons (Fsp3) is 0.130. The van der Waals surface area contributed by atoms with Crippen molar-refractivity contribution in [1.29, 1.82) is 0 Å². The van der Waals surface area contributed by atoms with Crippen molar-refractivity contribution in [2.45, 2.75) is 19.4 Å². The van der Waals surface area contributed by atoms with Gasteiger partial charge in [-0.25, -0.2) is 4.79 Å². The Hall–Kier alpha value is -3.85. The lowest BCUT2D eigenvalue weighted by molar-refractivity contribution is -0.383. The van der Waals surface area contributed by atoms with Crippen molar-refractivity contribution in [3.8, 4) is 0 Å². The summed E-state index contributed by atoms with van der Waals surface area (Å²) in [6, 6.07) is 20.5. The summed E-state index contributed by atoms with van der Waals surface area (Å²) in [5.74, 6) is -0.434. The van der Waals surface area contributed by atoms with Gasteiger partial charge in [-0.15, -0.1) is 0 Å². The van der Waals surface area contributed by atoms with Gasteiger partial charge in [0.1, 0.15) is 11.7 Å². The molecular formula is C23H22N4O4S. The van der Waals surface area contributed by atoms with Gasteiger partial charge in [0.2, 0.25) is 5.91 Å². The third-order valence-corrected chi connectivity index (χ3v) is 5.28. The second kappa shape index (κ2) is 10.5. The molecule has 0 spiro atoms. The van der Waals surface area contributed by atoms with Crippen LogP contribution in [0.2, 0.25) is 0 Å². The smallest absolute Gasteiger partial charge is 0.324 e. The fourth-order valence-electron chi connectivity index (χ4n) is 3.11. The molecule has 0 saturated carbocycles. The maximum absolute atomic E-state index is 13.2. The zero-order valence-electron chi connectivity index (χ0n) is 17.3. The van der Waals surface area contributed by atoms with Crippen LogP contribution in [0.25, 0.3) is 0 Å². The highest BCUT2D eigenvalue weighted by atomic mass is 32.1. The monoisotopic (exact) mass is 450 g/mol. The molecule has 2 N–H and O–H groups in total. The van der Waals surface area contributed by atoms with Gasteiger partial charge in [0.25, 0.3) is 5.69 Å². The molecule has 0 radical (unpaired) electrons. The van der Waals surface area contributed by atoms with Gasteiger partial charge < -0.3 is 10.6 Å². The van der Waals surface area contributed by atoms with Crippen LogP contribution in [0.4, 0.5) is 21.9 Å². The van der Waals surface area contributed by atoms with Gasteiger partial charge in [-0.05, 0) is 30.2 Å². The molecule has 0 aliphatic heterocycles. The van der Waals surface area contributed by atoms with Crippen molar-refractivity contribution in [2.75, 3.05) is 10.6 Å². The number of carbonyl (C=O) groups excluding carboxylic acids is 2. The Kier molecular flexibility index (Phi) is 7.45. The third kappa shape index (κ3) is 5.64. The Bertz CT molecular complexity index is 1120. The molecule has 3 amide bonds. The van der Waals surface area contributed by atoms with E-state index in [9.17, 15) is 19.7 Å². The lowest BCUT2D eigenvalue weighted by Crippen LogP contribution is -2.45. The third-order valence-electron chi connectivity index (χ3n) is 4.82. The van der Waals surface area contributed by atoms with E-state index in [0.717, 1.165) is 15.4 Å². The molecule has 0 bridgehead atoms. The fourth-order valence-corrected chi connectivity index (χ4v) is 3.35. The number of thiol groups is 1. The van der Waals surface area contributed by atoms with Crippen LogP contribution in [-0.4, -0.2) is 27.2 Å². The van der Waals surface area contributed by atoms with E-state index in [-0.39, 0.29) is 17.8 Å². The summed E-state index contributed by atoms with van der Waals surface area (Å²) in [7, 11) is 0. The van der Waals surface area contributed by atoms with Crippen molar-refractivity contribution >= 4 is 41.8 Å². The molecule has 9 heteroatoms. The summed E-state index contributed by atoms with van der Waals surface area (Å²) in [4.78, 5) is 36.7. The first kappa shape index (κ1) is 22.8. The summed E-state index contributed by atoms with van der Waals surface area (Å²) in [5.41, 5.74) is 2.08. The van der Waals surface area contributed by atoms with E-state index in [4.69, 9.17) is 0 Å². The number of nitro benzene ring substituents is 1. The van der Waals surface area contributed by atoms with Crippen molar-refractivity contribution in [3.63, 3.8) is 0 Å². The lowest BCUT2D eigenvalue weighted by atomic mass is 10.0. The standard InChI is InChI=1S/C23H22N4O4S/c1-16-9-5-6-12-18(16)24-22(28)21(15-17-10-3-2-4-11-17)26(32)23(29)25-19-13-7-8-14-20(19)27(30)31/h2-14,21,32H,15H2,1H3,(H,24,28)(H,25,29). The quantitative estimate of drug-likeness (QED) is 0.272. The molecule has 0 aliphatic rings. The largest absolute Gasteiger partial charge is 0.332 e. The molecule has 0 fully saturated rings. The number of hydrogen-bond donors (Lipinski definition) is 3. The van der Waals surface area contributed by atoms with E-state index in [1.807, 2.05) is 49.4 Å². The molecule has 0 aromatic heterocycles. The Balaban J connectivity index is 1.85. The molecule has 0 aliphatic carbocycles. The van der Waals surface area contributed by atoms with E-state index < -0.39 is 22.9 Å². The normalized spacial score (nSPS) is 11.3. The van der Waals surface area contributed by atoms with Gasteiger partial charge in [0, 0.05) is 18.2 Å². The number of benzene rings is 3. The van der Waals surface area contributed by atoms with Crippen LogP contribution < -0.4 is 10.6 Å². The van der Waals surface area contributed by atoms with E-state index in [1.54, 1.807) is 18.2 Å². The number of nitrogens with one attached hydrogen (secondary N) is 2. The molecule has 8 nitrogen and oxygen atoms in total. The number of aryl methyl sites for hydroxylation is 1. The summed E-state index contributed by atoms with van der Waals surface area (Å²) in [6.45, 7) is 1.86. The number of nitrogens with zero attached hydrogens (tertiary/aromatic N) is 2. The number of amides is 3. The Labute approximate surface area is 190 Å². The predicted molar refractivity (Wildman–Crippen MR) is 127 cm³/mol. The molecule has 3 aromatic rings. The highest BCUT2D eigenvalue weighted by Gasteiger charge is 2.30. The van der Waals surface area contributed by atoms with Crippen LogP contribution in [0.1, 0.15) is 11.1 Å². The summed E-state index contributed by atoms with van der Waals surface area (Å²) in [5, 5.41) is 16.6. The molecule has 32 heavy (non-hydrogen) atoms. The molecule has 1 atom stereocenters. The molecule has 3 rings (SSSR count). The number of carbonyl (C=O) groups is 2. The van der Waals surface area contributed by atoms with Gasteiger partial charge in [-0.2, -0.15) is 0 Å². The molecule has 164 valence electrons. The SMILES string of the molecule is Cc1ccccc1NC(=O)C(Cc1ccccc1)N(S)C(=O)Nc1ccccc1[N+](=O)[O-]. The average molecular weight is 451 g/mol. The van der Waals surface area contributed by atoms with Crippen LogP contribution in [0.15, 0.2) is 78.9 Å². The predicted octanol–water partition coefficient (Wildman–Crippen LogP) is 4.83. The molecule has 3 aromatic carbocycles. The Morgan fingerprint density at radius 3 is 2.19 bits per heavy atom. The second-order valence-electron chi connectivity index (χ2n) is 7.06. The number of hydrogen-bond acceptors (Lipinski definition) is 5. The van der Waals surface area contributed by atoms with E-state index in [1.165, 1.54) is 18.2 Å². The Morgan fingerprint density at radius 2 is 1.53 bits per heavy atom. The summed E-state index contributed by atoms with van der Waals surface area (Å²) >= 11 is 4.29. The van der Waals surface area contributed by atoms with Crippen LogP contribution in [0.5, 0.6) is 0 Å². The van der Waals surface area contributed by atoms with Gasteiger partial charge in [-0.3, -0.25) is 19.2 Å². The highest BCUT2D eigenvalue weighted by molar-refractivity contribution is 7.78. The Morgan fingerprint density at radius 1 is 0.938 bits per heavy atom. The number of para-hydroxylation sites is 3. The highest BCUT2D eigenvalue weighted by Crippen LogP contribution is 2.25. The van der Waals surface area contributed by atoms with Crippen LogP contribution in [0, 0.1) is 17.0 Å². The number of anilines is 2. The number of urea groups is 1. The van der Waals surface area contributed by atoms with E-state index >= 15 is 0 Å². The van der Waals surface area contributed by atoms with Gasteiger partial charge >= 0.3 is 6.03 Å². The molecule has 0 saturated heterocycles. The maximum Gasteiger partial charge on any atom is 0.332 e. The number of nitro groups is 1. The van der Waals surface area contributed by atoms with Crippen molar-refractivity contribution in [3.05, 3.63) is 100 Å². The zero-order chi connectivity index (χ0) is 23.1. The van der Waals surface area contributed by atoms with Crippen molar-refractivity contribution in [2.24, 2.45) is 0 Å². The molecule has 0 heterocycles. The summed E-state index contributed by atoms with van der Waals surface area (Å²) in [6.07, 6.45) is 0.201. The van der Waals surface area contributed by atoms with Gasteiger partial charge in [0.15, 0.2) is 0 Å². The number of rotatable bonds is 7. The zero-order valence-corrected chi connectivity index (χ0v) is 18.2. The van der Waals surface area contributed by atoms with Crippen LogP contribution in [0.3, 0.4) is 0 Å². The van der Waals surface area contributed by atoms with Gasteiger partial charge in [0.05, 0.1) is 4.92 Å². The minimum absolute atomic E-state index is 0.0133. The van der Waals surface area contributed by atoms with Crippen molar-refractivity contribution < 1.29 is 14.5 Å². The topological polar surface area (TPSA) is 105 Å². The summed E-state index contributed by atoms with van der Waals surface area (Å²) < 4.78 is 0.956. The first-order valence-corrected chi connectivity index (χ1v) is 10.2. The lowest BCUT2D eigenvalue weighted by Gasteiger charge is -2.26. The van der Waals surface area contributed by atoms with Crippen LogP contribution >= 0.6 is 12.8 Å². The maximum atomic E-state index is 13.2. The minimum Gasteiger partial charge on any atom is -0.324 e. The first-order chi connectivity index (χ1) is 15.4. The second-order valence-corrected chi connectivity index (χ2v) is 7.49. The molecule has 1 unspecified atom stereocenters. The average Bonchev–Trinajstić information content (AvgIpc) is 2.79.